The standard InChI is InChI=1S/C25H23ClN4O2S/c1-18(32-22-15-9-8-14-21(22)26)24-28-29-25(30(24)20-12-6-3-7-13-20)33-17-23(31)27-16-19-10-4-2-5-11-19/h2-15,18H,16-17H2,1H3,(H,27,31). The van der Waals surface area contributed by atoms with Crippen molar-refractivity contribution in [3.05, 3.63) is 101 Å². The number of carbonyl (C=O) groups is 1. The van der Waals surface area contributed by atoms with Crippen LogP contribution < -0.4 is 10.1 Å². The molecule has 0 radical (unpaired) electrons. The van der Waals surface area contributed by atoms with Crippen molar-refractivity contribution in [3.63, 3.8) is 0 Å². The molecule has 0 aliphatic heterocycles. The second kappa shape index (κ2) is 11.0. The number of nitrogens with one attached hydrogen (secondary N) is 1. The highest BCUT2D eigenvalue weighted by molar-refractivity contribution is 7.99. The maximum atomic E-state index is 12.4. The van der Waals surface area contributed by atoms with Gasteiger partial charge >= 0.3 is 0 Å². The number of hydrogen-bond acceptors (Lipinski definition) is 5. The van der Waals surface area contributed by atoms with Gasteiger partial charge in [-0.05, 0) is 36.8 Å². The van der Waals surface area contributed by atoms with Crippen LogP contribution in [0.1, 0.15) is 24.4 Å². The zero-order chi connectivity index (χ0) is 23.0. The van der Waals surface area contributed by atoms with Crippen molar-refractivity contribution >= 4 is 29.3 Å². The zero-order valence-electron chi connectivity index (χ0n) is 18.0. The molecule has 0 aliphatic rings. The van der Waals surface area contributed by atoms with E-state index in [0.717, 1.165) is 11.3 Å². The number of para-hydroxylation sites is 2. The Morgan fingerprint density at radius 1 is 1.00 bits per heavy atom. The number of ether oxygens (including phenoxy) is 1. The number of rotatable bonds is 9. The third-order valence-electron chi connectivity index (χ3n) is 4.84. The Balaban J connectivity index is 1.50. The van der Waals surface area contributed by atoms with Crippen LogP contribution in [-0.4, -0.2) is 26.4 Å². The molecule has 1 amide bonds. The van der Waals surface area contributed by atoms with Crippen molar-refractivity contribution in [1.29, 1.82) is 0 Å². The molecule has 4 aromatic rings. The first-order valence-electron chi connectivity index (χ1n) is 10.5. The van der Waals surface area contributed by atoms with Gasteiger partial charge in [0.1, 0.15) is 5.75 Å². The van der Waals surface area contributed by atoms with Gasteiger partial charge in [0.2, 0.25) is 5.91 Å². The smallest absolute Gasteiger partial charge is 0.230 e. The molecule has 0 fully saturated rings. The number of thioether (sulfide) groups is 1. The Labute approximate surface area is 202 Å². The fourth-order valence-electron chi connectivity index (χ4n) is 3.22. The number of aromatic nitrogens is 3. The summed E-state index contributed by atoms with van der Waals surface area (Å²) in [7, 11) is 0. The molecular weight excluding hydrogens is 456 g/mol. The predicted octanol–water partition coefficient (Wildman–Crippen LogP) is 5.47. The first kappa shape index (κ1) is 22.9. The van der Waals surface area contributed by atoms with Crippen LogP contribution in [0.25, 0.3) is 5.69 Å². The summed E-state index contributed by atoms with van der Waals surface area (Å²) in [5.41, 5.74) is 1.94. The average molecular weight is 479 g/mol. The van der Waals surface area contributed by atoms with Gasteiger partial charge in [-0.25, -0.2) is 0 Å². The molecule has 168 valence electrons. The minimum absolute atomic E-state index is 0.0756. The molecular formula is C25H23ClN4O2S. The van der Waals surface area contributed by atoms with Crippen LogP contribution in [0, 0.1) is 0 Å². The van der Waals surface area contributed by atoms with Crippen LogP contribution in [0.3, 0.4) is 0 Å². The lowest BCUT2D eigenvalue weighted by molar-refractivity contribution is -0.118. The molecule has 3 aromatic carbocycles. The van der Waals surface area contributed by atoms with Crippen molar-refractivity contribution in [2.45, 2.75) is 24.7 Å². The van der Waals surface area contributed by atoms with E-state index >= 15 is 0 Å². The maximum Gasteiger partial charge on any atom is 0.230 e. The topological polar surface area (TPSA) is 69.0 Å². The van der Waals surface area contributed by atoms with E-state index < -0.39 is 6.10 Å². The van der Waals surface area contributed by atoms with Gasteiger partial charge in [0, 0.05) is 12.2 Å². The summed E-state index contributed by atoms with van der Waals surface area (Å²) in [5.74, 6) is 1.34. The summed E-state index contributed by atoms with van der Waals surface area (Å²) < 4.78 is 7.99. The minimum atomic E-state index is -0.418. The van der Waals surface area contributed by atoms with Crippen LogP contribution in [-0.2, 0) is 11.3 Å². The van der Waals surface area contributed by atoms with Gasteiger partial charge in [-0.15, -0.1) is 10.2 Å². The Kier molecular flexibility index (Phi) is 7.65. The molecule has 1 atom stereocenters. The maximum absolute atomic E-state index is 12.4. The lowest BCUT2D eigenvalue weighted by Gasteiger charge is -2.17. The second-order valence-corrected chi connectivity index (χ2v) is 8.60. The lowest BCUT2D eigenvalue weighted by Crippen LogP contribution is -2.24. The second-order valence-electron chi connectivity index (χ2n) is 7.25. The molecule has 0 bridgehead atoms. The van der Waals surface area contributed by atoms with E-state index in [1.54, 1.807) is 6.07 Å². The monoisotopic (exact) mass is 478 g/mol. The van der Waals surface area contributed by atoms with Crippen molar-refractivity contribution in [3.8, 4) is 11.4 Å². The number of carbonyl (C=O) groups excluding carboxylic acids is 1. The van der Waals surface area contributed by atoms with Gasteiger partial charge < -0.3 is 10.1 Å². The molecule has 0 aliphatic carbocycles. The summed E-state index contributed by atoms with van der Waals surface area (Å²) in [4.78, 5) is 12.4. The fraction of sp³-hybridized carbons (Fsp3) is 0.160. The van der Waals surface area contributed by atoms with Gasteiger partial charge in [0.05, 0.1) is 10.8 Å². The van der Waals surface area contributed by atoms with Gasteiger partial charge in [-0.2, -0.15) is 0 Å². The fourth-order valence-corrected chi connectivity index (χ4v) is 4.19. The third-order valence-corrected chi connectivity index (χ3v) is 6.08. The summed E-state index contributed by atoms with van der Waals surface area (Å²) in [5, 5.41) is 12.8. The number of halogens is 1. The van der Waals surface area contributed by atoms with E-state index in [4.69, 9.17) is 16.3 Å². The van der Waals surface area contributed by atoms with Crippen LogP contribution in [0.5, 0.6) is 5.75 Å². The highest BCUT2D eigenvalue weighted by Gasteiger charge is 2.22. The quantitative estimate of drug-likeness (QED) is 0.323. The Hall–Kier alpha value is -3.29. The largest absolute Gasteiger partial charge is 0.481 e. The number of nitrogens with zero attached hydrogens (tertiary/aromatic N) is 3. The molecule has 1 N–H and O–H groups in total. The highest BCUT2D eigenvalue weighted by atomic mass is 35.5. The van der Waals surface area contributed by atoms with E-state index in [0.29, 0.717) is 28.3 Å². The van der Waals surface area contributed by atoms with Crippen LogP contribution in [0.4, 0.5) is 0 Å². The number of hydrogen-bond donors (Lipinski definition) is 1. The van der Waals surface area contributed by atoms with E-state index in [9.17, 15) is 4.79 Å². The van der Waals surface area contributed by atoms with Crippen molar-refractivity contribution in [2.24, 2.45) is 0 Å². The molecule has 0 saturated carbocycles. The van der Waals surface area contributed by atoms with Gasteiger partial charge in [-0.3, -0.25) is 9.36 Å². The third kappa shape index (κ3) is 5.94. The molecule has 4 rings (SSSR count). The summed E-state index contributed by atoms with van der Waals surface area (Å²) >= 11 is 7.59. The molecule has 1 aromatic heterocycles. The summed E-state index contributed by atoms with van der Waals surface area (Å²) in [6.07, 6.45) is -0.418. The SMILES string of the molecule is CC(Oc1ccccc1Cl)c1nnc(SCC(=O)NCc2ccccc2)n1-c1ccccc1. The molecule has 1 unspecified atom stereocenters. The molecule has 0 saturated heterocycles. The lowest BCUT2D eigenvalue weighted by atomic mass is 10.2. The van der Waals surface area contributed by atoms with Gasteiger partial charge in [0.25, 0.3) is 0 Å². The number of amides is 1. The zero-order valence-corrected chi connectivity index (χ0v) is 19.6. The summed E-state index contributed by atoms with van der Waals surface area (Å²) in [6, 6.07) is 26.9. The average Bonchev–Trinajstić information content (AvgIpc) is 3.28. The minimum Gasteiger partial charge on any atom is -0.481 e. The van der Waals surface area contributed by atoms with E-state index in [2.05, 4.69) is 15.5 Å². The van der Waals surface area contributed by atoms with Crippen LogP contribution in [0.15, 0.2) is 90.1 Å². The Morgan fingerprint density at radius 3 is 2.39 bits per heavy atom. The predicted molar refractivity (Wildman–Crippen MR) is 131 cm³/mol. The van der Waals surface area contributed by atoms with Crippen molar-refractivity contribution in [2.75, 3.05) is 5.75 Å². The normalized spacial score (nSPS) is 11.7. The van der Waals surface area contributed by atoms with Gasteiger partial charge in [0.15, 0.2) is 17.1 Å². The summed E-state index contributed by atoms with van der Waals surface area (Å²) in [6.45, 7) is 2.38. The van der Waals surface area contributed by atoms with Crippen molar-refractivity contribution < 1.29 is 9.53 Å². The van der Waals surface area contributed by atoms with Crippen LogP contribution >= 0.6 is 23.4 Å². The Bertz CT molecular complexity index is 1200. The first-order valence-corrected chi connectivity index (χ1v) is 11.8. The molecule has 6 nitrogen and oxygen atoms in total. The van der Waals surface area contributed by atoms with E-state index in [1.807, 2.05) is 90.4 Å². The molecule has 0 spiro atoms. The highest BCUT2D eigenvalue weighted by Crippen LogP contribution is 2.31. The number of benzene rings is 3. The molecule has 1 heterocycles. The van der Waals surface area contributed by atoms with Gasteiger partial charge in [-0.1, -0.05) is 84.0 Å². The molecule has 8 heteroatoms. The van der Waals surface area contributed by atoms with Crippen LogP contribution in [0.2, 0.25) is 5.02 Å². The van der Waals surface area contributed by atoms with Crippen molar-refractivity contribution in [1.82, 2.24) is 20.1 Å². The first-order chi connectivity index (χ1) is 16.1. The Morgan fingerprint density at radius 2 is 1.67 bits per heavy atom. The van der Waals surface area contributed by atoms with E-state index in [1.165, 1.54) is 11.8 Å². The van der Waals surface area contributed by atoms with E-state index in [-0.39, 0.29) is 11.7 Å². The molecule has 33 heavy (non-hydrogen) atoms.